The summed E-state index contributed by atoms with van der Waals surface area (Å²) < 4.78 is 56.4. The van der Waals surface area contributed by atoms with E-state index in [0.717, 1.165) is 7.11 Å². The van der Waals surface area contributed by atoms with Crippen LogP contribution in [0.2, 0.25) is 0 Å². The molecule has 9 heavy (non-hydrogen) atoms. The van der Waals surface area contributed by atoms with Gasteiger partial charge in [-0.05, 0) is 5.56 Å². The average molecular weight is 129 g/mol. The van der Waals surface area contributed by atoms with E-state index in [9.17, 15) is 0 Å². The zero-order valence-electron chi connectivity index (χ0n) is 11.9. The van der Waals surface area contributed by atoms with Crippen molar-refractivity contribution in [1.29, 1.82) is 0 Å². The minimum atomic E-state index is -2.41. The van der Waals surface area contributed by atoms with Crippen LogP contribution in [0.5, 0.6) is 0 Å². The van der Waals surface area contributed by atoms with Gasteiger partial charge < -0.3 is 4.74 Å². The Morgan fingerprint density at radius 3 is 2.78 bits per heavy atom. The number of benzene rings is 1. The quantitative estimate of drug-likeness (QED) is 0.592. The molecule has 0 atom stereocenters. The van der Waals surface area contributed by atoms with E-state index in [-0.39, 0.29) is 0 Å². The molecule has 0 amide bonds. The molecule has 1 rings (SSSR count). The Morgan fingerprint density at radius 1 is 1.56 bits per heavy atom. The monoisotopic (exact) mass is 129 g/mol. The van der Waals surface area contributed by atoms with Gasteiger partial charge in [0, 0.05) is 7.11 Å². The maximum absolute atomic E-state index is 7.50. The van der Waals surface area contributed by atoms with Crippen molar-refractivity contribution in [3.8, 4) is 0 Å². The molecule has 0 aliphatic heterocycles. The molecule has 1 aromatic carbocycles. The lowest BCUT2D eigenvalue weighted by molar-refractivity contribution is 0.185. The fraction of sp³-hybridized carbons (Fsp3) is 0.250. The Hall–Kier alpha value is -0.820. The van der Waals surface area contributed by atoms with Crippen molar-refractivity contribution in [2.24, 2.45) is 0 Å². The lowest BCUT2D eigenvalue weighted by Gasteiger charge is -1.95. The molecule has 0 saturated heterocycles. The van der Waals surface area contributed by atoms with Crippen LogP contribution in [0, 0.1) is 0 Å². The normalized spacial score (nSPS) is 22.1. The van der Waals surface area contributed by atoms with Crippen molar-refractivity contribution in [2.75, 3.05) is 7.11 Å². The Balaban J connectivity index is 3.65. The van der Waals surface area contributed by atoms with E-state index in [4.69, 9.17) is 9.60 Å². The summed E-state index contributed by atoms with van der Waals surface area (Å²) in [5, 5.41) is 0. The Morgan fingerprint density at radius 2 is 2.22 bits per heavy atom. The molecule has 0 unspecified atom stereocenters. The van der Waals surface area contributed by atoms with Crippen LogP contribution in [0.25, 0.3) is 0 Å². The molecule has 0 radical (unpaired) electrons. The first-order chi connectivity index (χ1) is 7.24. The first-order valence-electron chi connectivity index (χ1n) is 5.86. The largest absolute Gasteiger partial charge is 0.380 e. The Kier molecular flexibility index (Phi) is 0.662. The Bertz CT molecular complexity index is 400. The summed E-state index contributed by atoms with van der Waals surface area (Å²) in [5.41, 5.74) is -0.485. The number of methoxy groups -OCH3 is 1. The zero-order valence-corrected chi connectivity index (χ0v) is 4.91. The highest BCUT2D eigenvalue weighted by atomic mass is 16.5. The van der Waals surface area contributed by atoms with Crippen molar-refractivity contribution in [1.82, 2.24) is 0 Å². The highest BCUT2D eigenvalue weighted by molar-refractivity contribution is 5.13. The third-order valence-corrected chi connectivity index (χ3v) is 0.704. The van der Waals surface area contributed by atoms with Gasteiger partial charge in [-0.15, -0.1) is 0 Å². The minimum absolute atomic E-state index is 0.485. The van der Waals surface area contributed by atoms with Crippen molar-refractivity contribution in [2.45, 2.75) is 6.56 Å². The van der Waals surface area contributed by atoms with Gasteiger partial charge >= 0.3 is 0 Å². The molecule has 0 aromatic heterocycles. The maximum atomic E-state index is 7.50. The molecule has 1 aromatic rings. The number of ether oxygens (including phenoxy) is 1. The lowest BCUT2D eigenvalue weighted by Crippen LogP contribution is -1.84. The van der Waals surface area contributed by atoms with E-state index in [0.29, 0.717) is 0 Å². The predicted octanol–water partition coefficient (Wildman–Crippen LogP) is 1.83. The van der Waals surface area contributed by atoms with Crippen molar-refractivity contribution < 1.29 is 14.3 Å². The molecule has 1 nitrogen and oxygen atoms in total. The second-order valence-corrected chi connectivity index (χ2v) is 1.31. The number of hydrogen-bond donors (Lipinski definition) is 0. The highest BCUT2D eigenvalue weighted by Crippen LogP contribution is 1.98. The molecule has 0 N–H and O–H groups in total. The van der Waals surface area contributed by atoms with Crippen LogP contribution in [0.4, 0.5) is 0 Å². The third-order valence-electron chi connectivity index (χ3n) is 0.704. The van der Waals surface area contributed by atoms with E-state index in [2.05, 4.69) is 4.74 Å². The van der Waals surface area contributed by atoms with Gasteiger partial charge in [0.2, 0.25) is 0 Å². The van der Waals surface area contributed by atoms with E-state index in [1.54, 1.807) is 0 Å². The molecule has 1 heteroatoms. The summed E-state index contributed by atoms with van der Waals surface area (Å²) in [5.74, 6) is 0. The van der Waals surface area contributed by atoms with Crippen LogP contribution < -0.4 is 0 Å². The molecule has 48 valence electrons. The van der Waals surface area contributed by atoms with Crippen LogP contribution in [0.15, 0.2) is 30.2 Å². The van der Waals surface area contributed by atoms with Crippen LogP contribution in [-0.4, -0.2) is 7.11 Å². The molecule has 0 saturated carbocycles. The molecule has 0 heterocycles. The summed E-state index contributed by atoms with van der Waals surface area (Å²) in [4.78, 5) is 0. The SMILES string of the molecule is [2H]c1c([2H])c([2H])c(C([2H])([2H])OC)c([2H])c1[2H]. The fourth-order valence-corrected chi connectivity index (χ4v) is 0.403. The van der Waals surface area contributed by atoms with E-state index in [1.807, 2.05) is 0 Å². The smallest absolute Gasteiger partial charge is 0.0713 e. The van der Waals surface area contributed by atoms with E-state index >= 15 is 0 Å². The molecule has 0 fully saturated rings. The molecule has 0 spiro atoms. The molecule has 0 aliphatic rings. The van der Waals surface area contributed by atoms with Crippen molar-refractivity contribution in [3.63, 3.8) is 0 Å². The molecular formula is C8H10O. The summed E-state index contributed by atoms with van der Waals surface area (Å²) in [7, 11) is 1.07. The molecular weight excluding hydrogens is 112 g/mol. The molecule has 0 bridgehead atoms. The Labute approximate surface area is 65.1 Å². The highest BCUT2D eigenvalue weighted by Gasteiger charge is 1.84. The predicted molar refractivity (Wildman–Crippen MR) is 37.2 cm³/mol. The van der Waals surface area contributed by atoms with E-state index < -0.39 is 42.3 Å². The summed E-state index contributed by atoms with van der Waals surface area (Å²) in [6, 6.07) is -2.87. The zero-order chi connectivity index (χ0) is 12.7. The van der Waals surface area contributed by atoms with Crippen LogP contribution in [0.3, 0.4) is 0 Å². The summed E-state index contributed by atoms with van der Waals surface area (Å²) in [6.45, 7) is -2.41. The number of rotatable bonds is 2. The fourth-order valence-electron chi connectivity index (χ4n) is 0.403. The van der Waals surface area contributed by atoms with Crippen LogP contribution in [-0.2, 0) is 11.3 Å². The van der Waals surface area contributed by atoms with Crippen LogP contribution in [0.1, 0.15) is 15.2 Å². The first kappa shape index (κ1) is 1.83. The lowest BCUT2D eigenvalue weighted by atomic mass is 10.2. The first-order valence-corrected chi connectivity index (χ1v) is 2.36. The van der Waals surface area contributed by atoms with Gasteiger partial charge in [-0.3, -0.25) is 0 Å². The maximum Gasteiger partial charge on any atom is 0.0713 e. The summed E-state index contributed by atoms with van der Waals surface area (Å²) >= 11 is 0. The van der Waals surface area contributed by atoms with Gasteiger partial charge in [0.15, 0.2) is 0 Å². The minimum Gasteiger partial charge on any atom is -0.380 e. The van der Waals surface area contributed by atoms with Gasteiger partial charge in [0.05, 0.1) is 16.2 Å². The molecule has 0 aliphatic carbocycles. The van der Waals surface area contributed by atoms with Gasteiger partial charge in [0.1, 0.15) is 0 Å². The number of hydrogen-bond acceptors (Lipinski definition) is 1. The van der Waals surface area contributed by atoms with Gasteiger partial charge in [-0.1, -0.05) is 30.2 Å². The summed E-state index contributed by atoms with van der Waals surface area (Å²) in [6.07, 6.45) is 0. The second kappa shape index (κ2) is 3.25. The van der Waals surface area contributed by atoms with Crippen LogP contribution >= 0.6 is 0 Å². The second-order valence-electron chi connectivity index (χ2n) is 1.31. The topological polar surface area (TPSA) is 9.23 Å². The van der Waals surface area contributed by atoms with Gasteiger partial charge in [-0.2, -0.15) is 0 Å². The van der Waals surface area contributed by atoms with Crippen molar-refractivity contribution >= 4 is 0 Å². The third kappa shape index (κ3) is 1.86. The average Bonchev–Trinajstić information content (AvgIpc) is 2.23. The van der Waals surface area contributed by atoms with Gasteiger partial charge in [0.25, 0.3) is 0 Å². The standard InChI is InChI=1S/C8H10O/c1-9-7-8-5-3-2-4-6-8/h2-6H,7H2,1H3/i2D,3D,4D,5D,6D,7D2. The van der Waals surface area contributed by atoms with Gasteiger partial charge in [-0.25, -0.2) is 0 Å². The van der Waals surface area contributed by atoms with Crippen molar-refractivity contribution in [3.05, 3.63) is 35.8 Å². The van der Waals surface area contributed by atoms with E-state index in [1.165, 1.54) is 0 Å².